The zero-order chi connectivity index (χ0) is 13.8. The summed E-state index contributed by atoms with van der Waals surface area (Å²) in [6.45, 7) is 9.75. The second-order valence-electron chi connectivity index (χ2n) is 5.46. The molecule has 0 unspecified atom stereocenters. The van der Waals surface area contributed by atoms with Crippen molar-refractivity contribution in [2.75, 3.05) is 11.9 Å². The minimum absolute atomic E-state index is 0.633. The molecule has 0 saturated carbocycles. The first kappa shape index (κ1) is 13.9. The van der Waals surface area contributed by atoms with Crippen LogP contribution in [0.2, 0.25) is 0 Å². The molecule has 0 aliphatic rings. The average molecular weight is 256 g/mol. The van der Waals surface area contributed by atoms with Gasteiger partial charge in [0.25, 0.3) is 0 Å². The smallest absolute Gasteiger partial charge is 0.0757 e. The third-order valence-corrected chi connectivity index (χ3v) is 3.34. The van der Waals surface area contributed by atoms with Gasteiger partial charge in [-0.05, 0) is 37.3 Å². The van der Waals surface area contributed by atoms with E-state index in [1.165, 1.54) is 27.8 Å². The van der Waals surface area contributed by atoms with Gasteiger partial charge in [0.1, 0.15) is 0 Å². The number of hydrogen-bond acceptors (Lipinski definition) is 2. The van der Waals surface area contributed by atoms with Gasteiger partial charge in [0.05, 0.1) is 5.52 Å². The van der Waals surface area contributed by atoms with Crippen LogP contribution in [0, 0.1) is 5.92 Å². The highest BCUT2D eigenvalue weighted by Crippen LogP contribution is 2.27. The molecule has 2 nitrogen and oxygen atoms in total. The molecule has 2 aromatic rings. The Morgan fingerprint density at radius 2 is 2.00 bits per heavy atom. The Balaban J connectivity index is 2.61. The van der Waals surface area contributed by atoms with Crippen LogP contribution in [0.4, 0.5) is 5.69 Å². The molecule has 0 spiro atoms. The van der Waals surface area contributed by atoms with Crippen LogP contribution in [-0.4, -0.2) is 11.5 Å². The summed E-state index contributed by atoms with van der Waals surface area (Å²) in [6.07, 6.45) is 2.06. The number of pyridine rings is 1. The zero-order valence-corrected chi connectivity index (χ0v) is 12.5. The van der Waals surface area contributed by atoms with E-state index in [0.29, 0.717) is 5.92 Å². The monoisotopic (exact) mass is 256 g/mol. The van der Waals surface area contributed by atoms with E-state index in [-0.39, 0.29) is 0 Å². The molecule has 1 heterocycles. The second-order valence-corrected chi connectivity index (χ2v) is 5.46. The van der Waals surface area contributed by atoms with Gasteiger partial charge in [0.15, 0.2) is 0 Å². The molecule has 0 bridgehead atoms. The van der Waals surface area contributed by atoms with Crippen molar-refractivity contribution in [1.29, 1.82) is 0 Å². The minimum atomic E-state index is 0.633. The zero-order valence-electron chi connectivity index (χ0n) is 12.5. The molecule has 1 aromatic carbocycles. The minimum Gasteiger partial charge on any atom is -0.385 e. The second kappa shape index (κ2) is 6.05. The molecule has 2 heteroatoms. The van der Waals surface area contributed by atoms with Crippen molar-refractivity contribution in [2.24, 2.45) is 5.92 Å². The van der Waals surface area contributed by atoms with Crippen molar-refractivity contribution in [3.05, 3.63) is 35.5 Å². The van der Waals surface area contributed by atoms with Crippen LogP contribution >= 0.6 is 0 Å². The van der Waals surface area contributed by atoms with Crippen molar-refractivity contribution in [3.63, 3.8) is 0 Å². The van der Waals surface area contributed by atoms with E-state index in [2.05, 4.69) is 57.3 Å². The highest BCUT2D eigenvalue weighted by Gasteiger charge is 2.09. The molecule has 0 radical (unpaired) electrons. The largest absolute Gasteiger partial charge is 0.385 e. The van der Waals surface area contributed by atoms with E-state index in [1.807, 2.05) is 0 Å². The molecule has 0 atom stereocenters. The van der Waals surface area contributed by atoms with Crippen molar-refractivity contribution in [3.8, 4) is 0 Å². The lowest BCUT2D eigenvalue weighted by molar-refractivity contribution is 0.637. The lowest BCUT2D eigenvalue weighted by Crippen LogP contribution is -2.04. The van der Waals surface area contributed by atoms with Gasteiger partial charge in [-0.2, -0.15) is 0 Å². The van der Waals surface area contributed by atoms with Gasteiger partial charge >= 0.3 is 0 Å². The maximum Gasteiger partial charge on any atom is 0.0757 e. The number of fused-ring (bicyclic) bond motifs is 1. The van der Waals surface area contributed by atoms with Crippen LogP contribution in [0.3, 0.4) is 0 Å². The van der Waals surface area contributed by atoms with Crippen molar-refractivity contribution in [2.45, 2.75) is 40.5 Å². The van der Waals surface area contributed by atoms with Crippen LogP contribution in [-0.2, 0) is 12.8 Å². The van der Waals surface area contributed by atoms with Gasteiger partial charge in [-0.25, -0.2) is 0 Å². The fraction of sp³-hybridized carbons (Fsp3) is 0.471. The van der Waals surface area contributed by atoms with E-state index in [0.717, 1.165) is 19.4 Å². The van der Waals surface area contributed by atoms with Crippen LogP contribution < -0.4 is 5.32 Å². The van der Waals surface area contributed by atoms with Crippen LogP contribution in [0.5, 0.6) is 0 Å². The molecule has 0 aliphatic heterocycles. The predicted molar refractivity (Wildman–Crippen MR) is 83.8 cm³/mol. The number of anilines is 1. The molecule has 0 fully saturated rings. The molecule has 0 saturated heterocycles. The summed E-state index contributed by atoms with van der Waals surface area (Å²) in [5.41, 5.74) is 4.92. The first-order valence-electron chi connectivity index (χ1n) is 7.31. The number of benzene rings is 1. The summed E-state index contributed by atoms with van der Waals surface area (Å²) < 4.78 is 0. The maximum atomic E-state index is 4.89. The first-order chi connectivity index (χ1) is 9.15. The van der Waals surface area contributed by atoms with E-state index < -0.39 is 0 Å². The van der Waals surface area contributed by atoms with E-state index >= 15 is 0 Å². The van der Waals surface area contributed by atoms with Crippen molar-refractivity contribution in [1.82, 2.24) is 4.98 Å². The molecule has 0 aliphatic carbocycles. The summed E-state index contributed by atoms with van der Waals surface area (Å²) >= 11 is 0. The Hall–Kier alpha value is -1.57. The molecule has 1 N–H and O–H groups in total. The molecule has 2 rings (SSSR count). The normalized spacial score (nSPS) is 11.2. The van der Waals surface area contributed by atoms with Gasteiger partial charge in [0, 0.05) is 23.3 Å². The van der Waals surface area contributed by atoms with Gasteiger partial charge < -0.3 is 5.32 Å². The highest BCUT2D eigenvalue weighted by molar-refractivity contribution is 5.93. The summed E-state index contributed by atoms with van der Waals surface area (Å²) in [5.74, 6) is 0.633. The number of hydrogen-bond donors (Lipinski definition) is 1. The van der Waals surface area contributed by atoms with Gasteiger partial charge in [-0.15, -0.1) is 0 Å². The molecular formula is C17H24N2. The quantitative estimate of drug-likeness (QED) is 0.856. The number of para-hydroxylation sites is 1. The molecule has 1 aromatic heterocycles. The van der Waals surface area contributed by atoms with Crippen LogP contribution in [0.15, 0.2) is 24.3 Å². The van der Waals surface area contributed by atoms with Crippen molar-refractivity contribution >= 4 is 16.6 Å². The fourth-order valence-corrected chi connectivity index (χ4v) is 2.51. The summed E-state index contributed by atoms with van der Waals surface area (Å²) in [7, 11) is 0. The lowest BCUT2D eigenvalue weighted by Gasteiger charge is -2.13. The topological polar surface area (TPSA) is 24.9 Å². The van der Waals surface area contributed by atoms with Gasteiger partial charge in [-0.1, -0.05) is 39.0 Å². The third-order valence-electron chi connectivity index (χ3n) is 3.34. The molecule has 102 valence electrons. The third kappa shape index (κ3) is 3.06. The van der Waals surface area contributed by atoms with Crippen LogP contribution in [0.25, 0.3) is 10.9 Å². The number of aromatic nitrogens is 1. The fourth-order valence-electron chi connectivity index (χ4n) is 2.51. The van der Waals surface area contributed by atoms with E-state index in [9.17, 15) is 0 Å². The Kier molecular flexibility index (Phi) is 4.41. The summed E-state index contributed by atoms with van der Waals surface area (Å²) in [6, 6.07) is 8.69. The number of aryl methyl sites for hydroxylation is 1. The SMILES string of the molecule is CCNc1cc(CC(C)C)nc2c(CC)cccc12. The standard InChI is InChI=1S/C17H24N2/c1-5-13-8-7-9-15-16(18-6-2)11-14(10-12(3)4)19-17(13)15/h7-9,11-12H,5-6,10H2,1-4H3,(H,18,19). The Bertz CT molecular complexity index is 558. The highest BCUT2D eigenvalue weighted by atomic mass is 14.9. The summed E-state index contributed by atoms with van der Waals surface area (Å²) in [4.78, 5) is 4.89. The number of rotatable bonds is 5. The maximum absolute atomic E-state index is 4.89. The lowest BCUT2D eigenvalue weighted by atomic mass is 10.0. The van der Waals surface area contributed by atoms with Crippen LogP contribution in [0.1, 0.15) is 39.0 Å². The Labute approximate surface area is 116 Å². The first-order valence-corrected chi connectivity index (χ1v) is 7.31. The molecular weight excluding hydrogens is 232 g/mol. The molecule has 19 heavy (non-hydrogen) atoms. The Morgan fingerprint density at radius 1 is 1.21 bits per heavy atom. The van der Waals surface area contributed by atoms with Gasteiger partial charge in [-0.3, -0.25) is 4.98 Å². The van der Waals surface area contributed by atoms with Crippen molar-refractivity contribution < 1.29 is 0 Å². The average Bonchev–Trinajstić information content (AvgIpc) is 2.37. The molecule has 0 amide bonds. The summed E-state index contributed by atoms with van der Waals surface area (Å²) in [5, 5.41) is 4.72. The van der Waals surface area contributed by atoms with E-state index in [1.54, 1.807) is 0 Å². The number of nitrogens with zero attached hydrogens (tertiary/aromatic N) is 1. The predicted octanol–water partition coefficient (Wildman–Crippen LogP) is 4.43. The van der Waals surface area contributed by atoms with E-state index in [4.69, 9.17) is 4.98 Å². The van der Waals surface area contributed by atoms with Gasteiger partial charge in [0.2, 0.25) is 0 Å². The number of nitrogens with one attached hydrogen (secondary N) is 1. The Morgan fingerprint density at radius 3 is 2.63 bits per heavy atom.